The molecular formula is C14H17BrN3O2S+. The molecule has 5 nitrogen and oxygen atoms in total. The summed E-state index contributed by atoms with van der Waals surface area (Å²) in [5, 5.41) is 7.44. The summed E-state index contributed by atoms with van der Waals surface area (Å²) in [5.41, 5.74) is 1.93. The van der Waals surface area contributed by atoms with Crippen molar-refractivity contribution in [2.24, 2.45) is 0 Å². The van der Waals surface area contributed by atoms with Crippen LogP contribution in [0, 0.1) is 0 Å². The van der Waals surface area contributed by atoms with Crippen molar-refractivity contribution >= 4 is 33.2 Å². The van der Waals surface area contributed by atoms with Gasteiger partial charge in [-0.2, -0.15) is 0 Å². The lowest BCUT2D eigenvalue weighted by Gasteiger charge is -2.06. The van der Waals surface area contributed by atoms with Crippen LogP contribution in [-0.4, -0.2) is 31.6 Å². The highest BCUT2D eigenvalue weighted by Crippen LogP contribution is 2.34. The van der Waals surface area contributed by atoms with Gasteiger partial charge in [-0.1, -0.05) is 15.9 Å². The fourth-order valence-corrected chi connectivity index (χ4v) is 3.04. The van der Waals surface area contributed by atoms with Gasteiger partial charge in [0.1, 0.15) is 23.0 Å². The maximum absolute atomic E-state index is 11.2. The summed E-state index contributed by atoms with van der Waals surface area (Å²) < 4.78 is 6.36. The number of carbonyl (C=O) groups excluding carboxylic acids is 1. The molecule has 0 atom stereocenters. The second-order valence-electron chi connectivity index (χ2n) is 4.36. The van der Waals surface area contributed by atoms with Crippen LogP contribution in [0.15, 0.2) is 28.1 Å². The van der Waals surface area contributed by atoms with E-state index in [4.69, 9.17) is 4.74 Å². The van der Waals surface area contributed by atoms with Crippen molar-refractivity contribution in [2.75, 3.05) is 20.7 Å². The lowest BCUT2D eigenvalue weighted by molar-refractivity contribution is -0.660. The second kappa shape index (κ2) is 7.53. The Morgan fingerprint density at radius 1 is 1.52 bits per heavy atom. The minimum absolute atomic E-state index is 0.0131. The molecule has 0 radical (unpaired) electrons. The van der Waals surface area contributed by atoms with Gasteiger partial charge in [0.2, 0.25) is 0 Å². The highest BCUT2D eigenvalue weighted by atomic mass is 79.9. The quantitative estimate of drug-likeness (QED) is 0.807. The van der Waals surface area contributed by atoms with E-state index < -0.39 is 0 Å². The molecule has 2 rings (SSSR count). The number of hydrogen-bond acceptors (Lipinski definition) is 4. The molecule has 0 aliphatic carbocycles. The summed E-state index contributed by atoms with van der Waals surface area (Å²) in [6.45, 7) is 1.09. The van der Waals surface area contributed by atoms with Gasteiger partial charge >= 0.3 is 0 Å². The third-order valence-corrected chi connectivity index (χ3v) is 4.32. The molecule has 1 aromatic heterocycles. The van der Waals surface area contributed by atoms with Gasteiger partial charge < -0.3 is 15.4 Å². The zero-order valence-electron chi connectivity index (χ0n) is 11.9. The monoisotopic (exact) mass is 370 g/mol. The first-order chi connectivity index (χ1) is 10.1. The van der Waals surface area contributed by atoms with Crippen molar-refractivity contribution in [1.29, 1.82) is 0 Å². The van der Waals surface area contributed by atoms with Crippen molar-refractivity contribution in [2.45, 2.75) is 6.54 Å². The van der Waals surface area contributed by atoms with Crippen LogP contribution < -0.4 is 15.4 Å². The molecule has 0 unspecified atom stereocenters. The third-order valence-electron chi connectivity index (χ3n) is 2.91. The number of carbonyl (C=O) groups is 1. The maximum atomic E-state index is 11.2. The standard InChI is InChI=1S/C14H16BrN3O2S/c1-16-13(19)7-17-6-10-8-21-14(18-10)11-5-9(15)3-4-12(11)20-2/h3-5,8,17H,6-7H2,1-2H3,(H,16,19)/p+1. The number of quaternary nitrogens is 1. The number of methoxy groups -OCH3 is 1. The van der Waals surface area contributed by atoms with Crippen molar-refractivity contribution < 1.29 is 14.8 Å². The predicted molar refractivity (Wildman–Crippen MR) is 86.4 cm³/mol. The normalized spacial score (nSPS) is 10.4. The Bertz CT molecular complexity index is 630. The Balaban J connectivity index is 2.09. The molecule has 0 saturated heterocycles. The number of hydrogen-bond donors (Lipinski definition) is 2. The molecule has 0 spiro atoms. The van der Waals surface area contributed by atoms with Crippen LogP contribution >= 0.6 is 27.3 Å². The van der Waals surface area contributed by atoms with Gasteiger partial charge in [-0.15, -0.1) is 11.3 Å². The fraction of sp³-hybridized carbons (Fsp3) is 0.286. The fourth-order valence-electron chi connectivity index (χ4n) is 1.82. The molecule has 1 amide bonds. The number of halogens is 1. The highest BCUT2D eigenvalue weighted by Gasteiger charge is 2.12. The van der Waals surface area contributed by atoms with E-state index in [1.54, 1.807) is 25.5 Å². The molecule has 1 heterocycles. The zero-order chi connectivity index (χ0) is 15.2. The molecule has 0 aliphatic rings. The van der Waals surface area contributed by atoms with E-state index in [1.807, 2.05) is 28.9 Å². The summed E-state index contributed by atoms with van der Waals surface area (Å²) in [5.74, 6) is 0.813. The van der Waals surface area contributed by atoms with Crippen LogP contribution in [0.5, 0.6) is 5.75 Å². The van der Waals surface area contributed by atoms with Gasteiger partial charge in [0, 0.05) is 16.9 Å². The Labute approximate surface area is 135 Å². The molecule has 2 aromatic rings. The molecule has 0 bridgehead atoms. The Kier molecular flexibility index (Phi) is 5.72. The molecule has 112 valence electrons. The van der Waals surface area contributed by atoms with Gasteiger partial charge in [-0.05, 0) is 18.2 Å². The van der Waals surface area contributed by atoms with Crippen molar-refractivity contribution in [3.63, 3.8) is 0 Å². The van der Waals surface area contributed by atoms with Crippen LogP contribution in [0.3, 0.4) is 0 Å². The highest BCUT2D eigenvalue weighted by molar-refractivity contribution is 9.10. The first-order valence-electron chi connectivity index (χ1n) is 6.44. The number of nitrogens with two attached hydrogens (primary N) is 1. The molecule has 0 aliphatic heterocycles. The topological polar surface area (TPSA) is 67.8 Å². The molecular weight excluding hydrogens is 354 g/mol. The molecule has 21 heavy (non-hydrogen) atoms. The summed E-state index contributed by atoms with van der Waals surface area (Å²) in [6.07, 6.45) is 0. The smallest absolute Gasteiger partial charge is 0.274 e. The largest absolute Gasteiger partial charge is 0.496 e. The van der Waals surface area contributed by atoms with Crippen LogP contribution in [0.1, 0.15) is 5.69 Å². The van der Waals surface area contributed by atoms with Crippen LogP contribution in [-0.2, 0) is 11.3 Å². The molecule has 3 N–H and O–H groups in total. The Hall–Kier alpha value is -1.44. The van der Waals surface area contributed by atoms with Crippen LogP contribution in [0.4, 0.5) is 0 Å². The SMILES string of the molecule is CNC(=O)C[NH2+]Cc1csc(-c2cc(Br)ccc2OC)n1. The van der Waals surface area contributed by atoms with Gasteiger partial charge in [0.15, 0.2) is 6.54 Å². The summed E-state index contributed by atoms with van der Waals surface area (Å²) in [7, 11) is 3.29. The van der Waals surface area contributed by atoms with Crippen LogP contribution in [0.2, 0.25) is 0 Å². The molecule has 0 fully saturated rings. The summed E-state index contributed by atoms with van der Waals surface area (Å²) in [4.78, 5) is 15.8. The predicted octanol–water partition coefficient (Wildman–Crippen LogP) is 1.39. The molecule has 7 heteroatoms. The van der Waals surface area contributed by atoms with Crippen molar-refractivity contribution in [3.8, 4) is 16.3 Å². The number of nitrogens with one attached hydrogen (secondary N) is 1. The summed E-state index contributed by atoms with van der Waals surface area (Å²) in [6, 6.07) is 5.85. The van der Waals surface area contributed by atoms with E-state index in [1.165, 1.54) is 0 Å². The minimum atomic E-state index is 0.0131. The van der Waals surface area contributed by atoms with E-state index in [0.29, 0.717) is 13.1 Å². The maximum Gasteiger partial charge on any atom is 0.274 e. The third kappa shape index (κ3) is 4.26. The Morgan fingerprint density at radius 2 is 2.33 bits per heavy atom. The first kappa shape index (κ1) is 15.9. The van der Waals surface area contributed by atoms with Crippen molar-refractivity contribution in [3.05, 3.63) is 33.7 Å². The Morgan fingerprint density at radius 3 is 3.05 bits per heavy atom. The van der Waals surface area contributed by atoms with E-state index in [2.05, 4.69) is 26.2 Å². The number of amides is 1. The van der Waals surface area contributed by atoms with Crippen molar-refractivity contribution in [1.82, 2.24) is 10.3 Å². The zero-order valence-corrected chi connectivity index (χ0v) is 14.3. The first-order valence-corrected chi connectivity index (χ1v) is 8.12. The summed E-state index contributed by atoms with van der Waals surface area (Å²) >= 11 is 5.04. The number of likely N-dealkylation sites (N-methyl/N-ethyl adjacent to an activating group) is 1. The van der Waals surface area contributed by atoms with Crippen LogP contribution in [0.25, 0.3) is 10.6 Å². The lowest BCUT2D eigenvalue weighted by Crippen LogP contribution is -2.85. The van der Waals surface area contributed by atoms with E-state index in [-0.39, 0.29) is 5.91 Å². The lowest BCUT2D eigenvalue weighted by atomic mass is 10.2. The average molecular weight is 371 g/mol. The number of rotatable bonds is 6. The van der Waals surface area contributed by atoms with Gasteiger partial charge in [0.25, 0.3) is 5.91 Å². The number of ether oxygens (including phenoxy) is 1. The van der Waals surface area contributed by atoms with E-state index >= 15 is 0 Å². The number of nitrogens with zero attached hydrogens (tertiary/aromatic N) is 1. The van der Waals surface area contributed by atoms with Gasteiger partial charge in [0.05, 0.1) is 12.7 Å². The van der Waals surface area contributed by atoms with E-state index in [0.717, 1.165) is 26.5 Å². The second-order valence-corrected chi connectivity index (χ2v) is 6.13. The number of thiazole rings is 1. The van der Waals surface area contributed by atoms with E-state index in [9.17, 15) is 4.79 Å². The average Bonchev–Trinajstić information content (AvgIpc) is 2.95. The molecule has 0 saturated carbocycles. The number of benzene rings is 1. The number of aromatic nitrogens is 1. The minimum Gasteiger partial charge on any atom is -0.496 e. The van der Waals surface area contributed by atoms with Gasteiger partial charge in [-0.25, -0.2) is 4.98 Å². The van der Waals surface area contributed by atoms with Gasteiger partial charge in [-0.3, -0.25) is 4.79 Å². The molecule has 1 aromatic carbocycles.